The van der Waals surface area contributed by atoms with Gasteiger partial charge in [0.15, 0.2) is 0 Å². The van der Waals surface area contributed by atoms with Gasteiger partial charge in [-0.25, -0.2) is 4.98 Å². The highest BCUT2D eigenvalue weighted by Gasteiger charge is 2.21. The van der Waals surface area contributed by atoms with E-state index in [1.54, 1.807) is 23.1 Å². The lowest BCUT2D eigenvalue weighted by molar-refractivity contribution is -0.128. The number of hydrogen-bond acceptors (Lipinski definition) is 4. The van der Waals surface area contributed by atoms with Crippen molar-refractivity contribution in [3.63, 3.8) is 0 Å². The number of benzene rings is 1. The van der Waals surface area contributed by atoms with E-state index in [1.807, 2.05) is 56.1 Å². The first-order valence-electron chi connectivity index (χ1n) is 6.86. The second-order valence-corrected chi connectivity index (χ2v) is 7.25. The molecule has 21 heavy (non-hydrogen) atoms. The minimum Gasteiger partial charge on any atom is -0.337 e. The SMILES string of the molecule is Cc1nc(C)c(C(C)N(C)C(=O)CSc2ccccc2)s1. The number of amides is 1. The molecule has 1 heterocycles. The van der Waals surface area contributed by atoms with Crippen LogP contribution in [0, 0.1) is 13.8 Å². The quantitative estimate of drug-likeness (QED) is 0.779. The Labute approximate surface area is 134 Å². The third-order valence-corrected chi connectivity index (χ3v) is 5.64. The molecule has 1 aromatic heterocycles. The van der Waals surface area contributed by atoms with Gasteiger partial charge < -0.3 is 4.90 Å². The second-order valence-electron chi connectivity index (χ2n) is 4.96. The summed E-state index contributed by atoms with van der Waals surface area (Å²) in [5.74, 6) is 0.601. The molecule has 0 saturated carbocycles. The zero-order chi connectivity index (χ0) is 15.4. The molecule has 0 aliphatic heterocycles. The number of thiazole rings is 1. The maximum atomic E-state index is 12.3. The lowest BCUT2D eigenvalue weighted by atomic mass is 10.2. The van der Waals surface area contributed by atoms with Crippen LogP contribution < -0.4 is 0 Å². The Balaban J connectivity index is 1.97. The summed E-state index contributed by atoms with van der Waals surface area (Å²) in [6.45, 7) is 6.07. The third-order valence-electron chi connectivity index (χ3n) is 3.40. The van der Waals surface area contributed by atoms with Crippen molar-refractivity contribution in [3.05, 3.63) is 45.9 Å². The molecule has 0 aliphatic carbocycles. The minimum absolute atomic E-state index is 0.0695. The summed E-state index contributed by atoms with van der Waals surface area (Å²) in [6.07, 6.45) is 0. The number of rotatable bonds is 5. The van der Waals surface area contributed by atoms with Crippen LogP contribution in [0.25, 0.3) is 0 Å². The molecule has 2 aromatic rings. The van der Waals surface area contributed by atoms with E-state index >= 15 is 0 Å². The van der Waals surface area contributed by atoms with Gasteiger partial charge in [-0.15, -0.1) is 23.1 Å². The molecule has 0 bridgehead atoms. The molecule has 2 rings (SSSR count). The van der Waals surface area contributed by atoms with Crippen LogP contribution in [-0.4, -0.2) is 28.6 Å². The summed E-state index contributed by atoms with van der Waals surface area (Å²) in [4.78, 5) is 20.9. The van der Waals surface area contributed by atoms with Crippen LogP contribution in [0.15, 0.2) is 35.2 Å². The maximum Gasteiger partial charge on any atom is 0.233 e. The molecule has 1 amide bonds. The zero-order valence-corrected chi connectivity index (χ0v) is 14.4. The van der Waals surface area contributed by atoms with Crippen LogP contribution in [0.2, 0.25) is 0 Å². The predicted octanol–water partition coefficient (Wildman–Crippen LogP) is 4.07. The number of carbonyl (C=O) groups is 1. The first-order valence-corrected chi connectivity index (χ1v) is 8.66. The maximum absolute atomic E-state index is 12.3. The molecule has 0 saturated heterocycles. The molecule has 1 atom stereocenters. The van der Waals surface area contributed by atoms with E-state index in [0.29, 0.717) is 5.75 Å². The number of aryl methyl sites for hydroxylation is 2. The Bertz CT molecular complexity index is 610. The van der Waals surface area contributed by atoms with Gasteiger partial charge in [0.1, 0.15) is 0 Å². The molecule has 0 aliphatic rings. The van der Waals surface area contributed by atoms with Gasteiger partial charge in [-0.05, 0) is 32.9 Å². The van der Waals surface area contributed by atoms with Crippen molar-refractivity contribution < 1.29 is 4.79 Å². The largest absolute Gasteiger partial charge is 0.337 e. The molecule has 1 aromatic carbocycles. The van der Waals surface area contributed by atoms with Crippen molar-refractivity contribution in [2.45, 2.75) is 31.7 Å². The molecule has 112 valence electrons. The summed E-state index contributed by atoms with van der Waals surface area (Å²) < 4.78 is 0. The highest BCUT2D eigenvalue weighted by atomic mass is 32.2. The lowest BCUT2D eigenvalue weighted by Crippen LogP contribution is -2.31. The first-order chi connectivity index (χ1) is 9.99. The van der Waals surface area contributed by atoms with E-state index in [0.717, 1.165) is 15.6 Å². The summed E-state index contributed by atoms with van der Waals surface area (Å²) in [5.41, 5.74) is 1.03. The third kappa shape index (κ3) is 4.08. The summed E-state index contributed by atoms with van der Waals surface area (Å²) in [6, 6.07) is 10.1. The molecule has 0 radical (unpaired) electrons. The van der Waals surface area contributed by atoms with E-state index in [4.69, 9.17) is 0 Å². The highest BCUT2D eigenvalue weighted by molar-refractivity contribution is 8.00. The fraction of sp³-hybridized carbons (Fsp3) is 0.375. The number of aromatic nitrogens is 1. The van der Waals surface area contributed by atoms with Crippen LogP contribution in [0.4, 0.5) is 0 Å². The van der Waals surface area contributed by atoms with Crippen LogP contribution >= 0.6 is 23.1 Å². The Morgan fingerprint density at radius 2 is 2.00 bits per heavy atom. The number of nitrogens with zero attached hydrogens (tertiary/aromatic N) is 2. The van der Waals surface area contributed by atoms with Crippen LogP contribution in [0.3, 0.4) is 0 Å². The molecule has 0 spiro atoms. The van der Waals surface area contributed by atoms with Gasteiger partial charge in [0.05, 0.1) is 22.5 Å². The Morgan fingerprint density at radius 3 is 2.57 bits per heavy atom. The second kappa shape index (κ2) is 7.09. The fourth-order valence-electron chi connectivity index (χ4n) is 2.09. The van der Waals surface area contributed by atoms with Crippen molar-refractivity contribution in [2.75, 3.05) is 12.8 Å². The van der Waals surface area contributed by atoms with E-state index < -0.39 is 0 Å². The molecular formula is C16H20N2OS2. The van der Waals surface area contributed by atoms with Crippen LogP contribution in [0.5, 0.6) is 0 Å². The number of hydrogen-bond donors (Lipinski definition) is 0. The van der Waals surface area contributed by atoms with Crippen molar-refractivity contribution in [3.8, 4) is 0 Å². The fourth-order valence-corrected chi connectivity index (χ4v) is 3.96. The van der Waals surface area contributed by atoms with Gasteiger partial charge in [-0.2, -0.15) is 0 Å². The molecular weight excluding hydrogens is 300 g/mol. The monoisotopic (exact) mass is 320 g/mol. The lowest BCUT2D eigenvalue weighted by Gasteiger charge is -2.24. The first kappa shape index (κ1) is 16.0. The van der Waals surface area contributed by atoms with Gasteiger partial charge >= 0.3 is 0 Å². The predicted molar refractivity (Wildman–Crippen MR) is 89.9 cm³/mol. The van der Waals surface area contributed by atoms with Gasteiger partial charge in [-0.3, -0.25) is 4.79 Å². The van der Waals surface area contributed by atoms with Crippen molar-refractivity contribution in [1.29, 1.82) is 0 Å². The smallest absolute Gasteiger partial charge is 0.233 e. The molecule has 5 heteroatoms. The average molecular weight is 320 g/mol. The van der Waals surface area contributed by atoms with Gasteiger partial charge in [0, 0.05) is 16.8 Å². The van der Waals surface area contributed by atoms with E-state index in [2.05, 4.69) is 11.9 Å². The van der Waals surface area contributed by atoms with E-state index in [9.17, 15) is 4.79 Å². The molecule has 0 N–H and O–H groups in total. The Kier molecular flexibility index (Phi) is 5.42. The summed E-state index contributed by atoms with van der Waals surface area (Å²) in [5, 5.41) is 1.05. The zero-order valence-electron chi connectivity index (χ0n) is 12.8. The van der Waals surface area contributed by atoms with Crippen molar-refractivity contribution in [1.82, 2.24) is 9.88 Å². The summed E-state index contributed by atoms with van der Waals surface area (Å²) in [7, 11) is 1.87. The Hall–Kier alpha value is -1.33. The van der Waals surface area contributed by atoms with E-state index in [-0.39, 0.29) is 11.9 Å². The minimum atomic E-state index is 0.0695. The summed E-state index contributed by atoms with van der Waals surface area (Å²) >= 11 is 3.25. The molecule has 1 unspecified atom stereocenters. The number of carbonyl (C=O) groups excluding carboxylic acids is 1. The molecule has 3 nitrogen and oxygen atoms in total. The standard InChI is InChI=1S/C16H20N2OS2/c1-11-16(21-13(3)17-11)12(2)18(4)15(19)10-20-14-8-6-5-7-9-14/h5-9,12H,10H2,1-4H3. The molecule has 0 fully saturated rings. The van der Waals surface area contributed by atoms with Crippen molar-refractivity contribution >= 4 is 29.0 Å². The van der Waals surface area contributed by atoms with E-state index in [1.165, 1.54) is 4.88 Å². The van der Waals surface area contributed by atoms with Crippen molar-refractivity contribution in [2.24, 2.45) is 0 Å². The topological polar surface area (TPSA) is 33.2 Å². The van der Waals surface area contributed by atoms with Gasteiger partial charge in [0.2, 0.25) is 5.91 Å². The Morgan fingerprint density at radius 1 is 1.33 bits per heavy atom. The van der Waals surface area contributed by atoms with Gasteiger partial charge in [-0.1, -0.05) is 18.2 Å². The number of thioether (sulfide) groups is 1. The average Bonchev–Trinajstić information content (AvgIpc) is 2.83. The highest BCUT2D eigenvalue weighted by Crippen LogP contribution is 2.29. The van der Waals surface area contributed by atoms with Crippen LogP contribution in [-0.2, 0) is 4.79 Å². The normalized spacial score (nSPS) is 12.2. The van der Waals surface area contributed by atoms with Crippen LogP contribution in [0.1, 0.15) is 28.5 Å². The van der Waals surface area contributed by atoms with Gasteiger partial charge in [0.25, 0.3) is 0 Å².